The minimum atomic E-state index is -1.00. The summed E-state index contributed by atoms with van der Waals surface area (Å²) in [5, 5.41) is 8.60. The van der Waals surface area contributed by atoms with Gasteiger partial charge in [0.1, 0.15) is 6.04 Å². The molecule has 0 aliphatic carbocycles. The van der Waals surface area contributed by atoms with Crippen LogP contribution in [0.5, 0.6) is 0 Å². The van der Waals surface area contributed by atoms with Gasteiger partial charge < -0.3 is 10.8 Å². The Morgan fingerprint density at radius 3 is 2.93 bits per heavy atom. The van der Waals surface area contributed by atoms with Crippen LogP contribution in [0.1, 0.15) is 11.1 Å². The Labute approximate surface area is 82.6 Å². The van der Waals surface area contributed by atoms with Crippen LogP contribution in [0, 0.1) is 12.3 Å². The van der Waals surface area contributed by atoms with Crippen LogP contribution in [0.4, 0.5) is 0 Å². The van der Waals surface area contributed by atoms with E-state index in [4.69, 9.17) is 17.3 Å². The molecular weight excluding hydrogens is 178 g/mol. The van der Waals surface area contributed by atoms with Crippen LogP contribution >= 0.6 is 0 Å². The number of benzene rings is 1. The molecule has 3 nitrogen and oxygen atoms in total. The zero-order chi connectivity index (χ0) is 10.6. The fourth-order valence-electron chi connectivity index (χ4n) is 1.13. The van der Waals surface area contributed by atoms with E-state index in [1.165, 1.54) is 0 Å². The number of terminal acetylenes is 1. The lowest BCUT2D eigenvalue weighted by molar-refractivity contribution is -0.138. The number of carboxylic acid groups (broad SMARTS) is 1. The molecule has 0 spiro atoms. The van der Waals surface area contributed by atoms with Gasteiger partial charge >= 0.3 is 5.97 Å². The summed E-state index contributed by atoms with van der Waals surface area (Å²) in [6.45, 7) is 0. The van der Waals surface area contributed by atoms with E-state index in [1.54, 1.807) is 18.2 Å². The first-order valence-corrected chi connectivity index (χ1v) is 4.17. The first kappa shape index (κ1) is 10.3. The third-order valence-corrected chi connectivity index (χ3v) is 1.87. The molecule has 14 heavy (non-hydrogen) atoms. The smallest absolute Gasteiger partial charge is 0.320 e. The summed E-state index contributed by atoms with van der Waals surface area (Å²) in [6.07, 6.45) is 5.51. The Bertz CT molecular complexity index is 379. The molecule has 0 saturated carbocycles. The average molecular weight is 189 g/mol. The van der Waals surface area contributed by atoms with Gasteiger partial charge in [-0.3, -0.25) is 4.79 Å². The SMILES string of the molecule is C#Cc1cccc(C[C@H](N)C(=O)O)c1. The predicted octanol–water partition coefficient (Wildman–Crippen LogP) is 0.622. The molecule has 1 atom stereocenters. The Kier molecular flexibility index (Phi) is 3.27. The van der Waals surface area contributed by atoms with Crippen molar-refractivity contribution in [3.63, 3.8) is 0 Å². The third kappa shape index (κ3) is 2.61. The molecular formula is C11H11NO2. The highest BCUT2D eigenvalue weighted by Crippen LogP contribution is 2.06. The summed E-state index contributed by atoms with van der Waals surface area (Å²) in [5.41, 5.74) is 6.97. The first-order valence-electron chi connectivity index (χ1n) is 4.17. The lowest BCUT2D eigenvalue weighted by atomic mass is 10.0. The fourth-order valence-corrected chi connectivity index (χ4v) is 1.13. The lowest BCUT2D eigenvalue weighted by Crippen LogP contribution is -2.32. The second-order valence-corrected chi connectivity index (χ2v) is 2.99. The van der Waals surface area contributed by atoms with E-state index in [0.29, 0.717) is 6.42 Å². The van der Waals surface area contributed by atoms with Crippen molar-refractivity contribution in [3.05, 3.63) is 35.4 Å². The zero-order valence-corrected chi connectivity index (χ0v) is 7.60. The maximum absolute atomic E-state index is 10.5. The van der Waals surface area contributed by atoms with E-state index >= 15 is 0 Å². The number of hydrogen-bond acceptors (Lipinski definition) is 2. The molecule has 0 saturated heterocycles. The molecule has 72 valence electrons. The quantitative estimate of drug-likeness (QED) is 0.685. The van der Waals surface area contributed by atoms with Gasteiger partial charge in [-0.2, -0.15) is 0 Å². The minimum absolute atomic E-state index is 0.296. The van der Waals surface area contributed by atoms with Crippen molar-refractivity contribution in [2.24, 2.45) is 5.73 Å². The molecule has 0 radical (unpaired) electrons. The predicted molar refractivity (Wildman–Crippen MR) is 53.7 cm³/mol. The molecule has 0 fully saturated rings. The third-order valence-electron chi connectivity index (χ3n) is 1.87. The lowest BCUT2D eigenvalue weighted by Gasteiger charge is -2.06. The fraction of sp³-hybridized carbons (Fsp3) is 0.182. The van der Waals surface area contributed by atoms with E-state index in [2.05, 4.69) is 5.92 Å². The van der Waals surface area contributed by atoms with Crippen LogP contribution in [0.2, 0.25) is 0 Å². The molecule has 0 aromatic heterocycles. The molecule has 0 unspecified atom stereocenters. The Morgan fingerprint density at radius 2 is 2.36 bits per heavy atom. The van der Waals surface area contributed by atoms with Crippen molar-refractivity contribution in [2.75, 3.05) is 0 Å². The second kappa shape index (κ2) is 4.45. The number of carboxylic acids is 1. The van der Waals surface area contributed by atoms with Gasteiger partial charge in [-0.1, -0.05) is 18.1 Å². The van der Waals surface area contributed by atoms with Gasteiger partial charge in [0.25, 0.3) is 0 Å². The van der Waals surface area contributed by atoms with Gasteiger partial charge in [-0.05, 0) is 24.1 Å². The highest BCUT2D eigenvalue weighted by Gasteiger charge is 2.11. The van der Waals surface area contributed by atoms with Crippen LogP contribution in [0.25, 0.3) is 0 Å². The van der Waals surface area contributed by atoms with E-state index in [1.807, 2.05) is 6.07 Å². The topological polar surface area (TPSA) is 63.3 Å². The van der Waals surface area contributed by atoms with E-state index in [0.717, 1.165) is 11.1 Å². The van der Waals surface area contributed by atoms with Gasteiger partial charge in [0.15, 0.2) is 0 Å². The zero-order valence-electron chi connectivity index (χ0n) is 7.60. The second-order valence-electron chi connectivity index (χ2n) is 2.99. The van der Waals surface area contributed by atoms with E-state index < -0.39 is 12.0 Å². The summed E-state index contributed by atoms with van der Waals surface area (Å²) in [5.74, 6) is 1.48. The number of hydrogen-bond donors (Lipinski definition) is 2. The highest BCUT2D eigenvalue weighted by molar-refractivity contribution is 5.73. The molecule has 0 bridgehead atoms. The molecule has 1 rings (SSSR count). The largest absolute Gasteiger partial charge is 0.480 e. The van der Waals surface area contributed by atoms with Crippen molar-refractivity contribution in [2.45, 2.75) is 12.5 Å². The maximum Gasteiger partial charge on any atom is 0.320 e. The highest BCUT2D eigenvalue weighted by atomic mass is 16.4. The van der Waals surface area contributed by atoms with Gasteiger partial charge in [0.2, 0.25) is 0 Å². The number of carbonyl (C=O) groups is 1. The summed E-state index contributed by atoms with van der Waals surface area (Å²) >= 11 is 0. The maximum atomic E-state index is 10.5. The molecule has 3 N–H and O–H groups in total. The summed E-state index contributed by atoms with van der Waals surface area (Å²) in [7, 11) is 0. The summed E-state index contributed by atoms with van der Waals surface area (Å²) < 4.78 is 0. The Morgan fingerprint density at radius 1 is 1.64 bits per heavy atom. The standard InChI is InChI=1S/C11H11NO2/c1-2-8-4-3-5-9(6-8)7-10(12)11(13)14/h1,3-6,10H,7,12H2,(H,13,14)/t10-/m0/s1. The van der Waals surface area contributed by atoms with Gasteiger partial charge in [-0.15, -0.1) is 6.42 Å². The van der Waals surface area contributed by atoms with Crippen LogP contribution < -0.4 is 5.73 Å². The van der Waals surface area contributed by atoms with Gasteiger partial charge in [0.05, 0.1) is 0 Å². The normalized spacial score (nSPS) is 11.7. The average Bonchev–Trinajstić information content (AvgIpc) is 2.18. The summed E-state index contributed by atoms with van der Waals surface area (Å²) in [6, 6.07) is 6.28. The molecule has 0 aliphatic heterocycles. The van der Waals surface area contributed by atoms with Crippen LogP contribution in [0.3, 0.4) is 0 Å². The monoisotopic (exact) mass is 189 g/mol. The minimum Gasteiger partial charge on any atom is -0.480 e. The number of nitrogens with two attached hydrogens (primary N) is 1. The van der Waals surface area contributed by atoms with Crippen molar-refractivity contribution < 1.29 is 9.90 Å². The molecule has 3 heteroatoms. The van der Waals surface area contributed by atoms with E-state index in [9.17, 15) is 4.79 Å². The first-order chi connectivity index (χ1) is 6.63. The number of aliphatic carboxylic acids is 1. The van der Waals surface area contributed by atoms with Gasteiger partial charge in [0, 0.05) is 5.56 Å². The van der Waals surface area contributed by atoms with Crippen molar-refractivity contribution in [3.8, 4) is 12.3 Å². The van der Waals surface area contributed by atoms with Crippen molar-refractivity contribution in [1.29, 1.82) is 0 Å². The van der Waals surface area contributed by atoms with Crippen LogP contribution in [0.15, 0.2) is 24.3 Å². The van der Waals surface area contributed by atoms with Crippen LogP contribution in [-0.4, -0.2) is 17.1 Å². The molecule has 0 amide bonds. The van der Waals surface area contributed by atoms with Crippen molar-refractivity contribution in [1.82, 2.24) is 0 Å². The Hall–Kier alpha value is -1.79. The molecule has 0 heterocycles. The molecule has 1 aromatic carbocycles. The van der Waals surface area contributed by atoms with Gasteiger partial charge in [-0.25, -0.2) is 0 Å². The summed E-state index contributed by atoms with van der Waals surface area (Å²) in [4.78, 5) is 10.5. The molecule has 0 aliphatic rings. The van der Waals surface area contributed by atoms with E-state index in [-0.39, 0.29) is 0 Å². The Balaban J connectivity index is 2.78. The van der Waals surface area contributed by atoms with Crippen LogP contribution in [-0.2, 0) is 11.2 Å². The van der Waals surface area contributed by atoms with Crippen molar-refractivity contribution >= 4 is 5.97 Å². The molecule has 1 aromatic rings. The number of rotatable bonds is 3.